The van der Waals surface area contributed by atoms with E-state index in [1.54, 1.807) is 0 Å². The summed E-state index contributed by atoms with van der Waals surface area (Å²) in [6, 6.07) is 0. The van der Waals surface area contributed by atoms with Crippen molar-refractivity contribution >= 4 is 0 Å². The Bertz CT molecular complexity index is 441. The minimum Gasteiger partial charge on any atom is -0.353 e. The quantitative estimate of drug-likeness (QED) is 0.781. The van der Waals surface area contributed by atoms with Gasteiger partial charge < -0.3 is 18.9 Å². The molecule has 5 fully saturated rings. The Balaban J connectivity index is 1.75. The largest absolute Gasteiger partial charge is 0.353 e. The van der Waals surface area contributed by atoms with Crippen molar-refractivity contribution in [3.63, 3.8) is 0 Å². The van der Waals surface area contributed by atoms with E-state index >= 15 is 0 Å². The van der Waals surface area contributed by atoms with Crippen molar-refractivity contribution in [2.45, 2.75) is 71.7 Å². The van der Waals surface area contributed by atoms with Crippen molar-refractivity contribution in [3.05, 3.63) is 0 Å². The Morgan fingerprint density at radius 2 is 1.95 bits per heavy atom. The highest BCUT2D eigenvalue weighted by Crippen LogP contribution is 2.63. The van der Waals surface area contributed by atoms with Crippen molar-refractivity contribution in [3.8, 4) is 0 Å². The normalized spacial score (nSPS) is 57.3. The standard InChI is InChI=1S/C18H30O4/c1-5-19-15-12(3)14-7-6-11(2)13-8-9-17(4)20-10-18(13,14)16(21-15)22-17/h11-16H,5-10H2,1-4H3/t11-,12-,13?,14?,15?,16?,17-,18+/m1/s1. The summed E-state index contributed by atoms with van der Waals surface area (Å²) in [5.41, 5.74) is 0.0285. The summed E-state index contributed by atoms with van der Waals surface area (Å²) >= 11 is 0. The summed E-state index contributed by atoms with van der Waals surface area (Å²) in [6.45, 7) is 10.3. The molecule has 0 N–H and O–H groups in total. The molecule has 4 saturated heterocycles. The molecule has 1 aliphatic carbocycles. The first-order chi connectivity index (χ1) is 10.5. The van der Waals surface area contributed by atoms with Crippen LogP contribution in [-0.4, -0.2) is 31.6 Å². The van der Waals surface area contributed by atoms with Gasteiger partial charge in [0.15, 0.2) is 18.4 Å². The zero-order valence-electron chi connectivity index (χ0n) is 14.3. The summed E-state index contributed by atoms with van der Waals surface area (Å²) in [6.07, 6.45) is 4.42. The number of hydrogen-bond donors (Lipinski definition) is 0. The van der Waals surface area contributed by atoms with Crippen LogP contribution in [0.15, 0.2) is 0 Å². The fourth-order valence-electron chi connectivity index (χ4n) is 5.80. The predicted octanol–water partition coefficient (Wildman–Crippen LogP) is 3.55. The average Bonchev–Trinajstić information content (AvgIpc) is 2.71. The van der Waals surface area contributed by atoms with Crippen LogP contribution in [-0.2, 0) is 18.9 Å². The third kappa shape index (κ3) is 1.97. The second kappa shape index (κ2) is 5.17. The molecular formula is C18H30O4. The van der Waals surface area contributed by atoms with E-state index in [1.807, 2.05) is 6.92 Å². The highest BCUT2D eigenvalue weighted by atomic mass is 16.8. The maximum absolute atomic E-state index is 6.38. The summed E-state index contributed by atoms with van der Waals surface area (Å²) in [7, 11) is 0. The van der Waals surface area contributed by atoms with E-state index in [4.69, 9.17) is 18.9 Å². The van der Waals surface area contributed by atoms with Crippen molar-refractivity contribution < 1.29 is 18.9 Å². The van der Waals surface area contributed by atoms with E-state index < -0.39 is 5.79 Å². The SMILES string of the molecule is CCOC1OC2O[C@]3(C)CCC4[C@H](C)CCC([C@H]1C)[C@@]24CO3. The van der Waals surface area contributed by atoms with Gasteiger partial charge >= 0.3 is 0 Å². The second-order valence-corrected chi connectivity index (χ2v) is 8.11. The van der Waals surface area contributed by atoms with Gasteiger partial charge in [-0.1, -0.05) is 20.3 Å². The lowest BCUT2D eigenvalue weighted by Crippen LogP contribution is -2.66. The van der Waals surface area contributed by atoms with Gasteiger partial charge in [-0.15, -0.1) is 0 Å². The molecule has 0 amide bonds. The van der Waals surface area contributed by atoms with Crippen LogP contribution < -0.4 is 0 Å². The van der Waals surface area contributed by atoms with Crippen molar-refractivity contribution in [2.75, 3.05) is 13.2 Å². The van der Waals surface area contributed by atoms with E-state index in [0.717, 1.165) is 18.9 Å². The van der Waals surface area contributed by atoms with Crippen molar-refractivity contribution in [1.82, 2.24) is 0 Å². The van der Waals surface area contributed by atoms with Gasteiger partial charge in [-0.3, -0.25) is 0 Å². The van der Waals surface area contributed by atoms with Crippen LogP contribution in [0.3, 0.4) is 0 Å². The van der Waals surface area contributed by atoms with Gasteiger partial charge in [-0.25, -0.2) is 0 Å². The lowest BCUT2D eigenvalue weighted by atomic mass is 9.52. The van der Waals surface area contributed by atoms with Crippen molar-refractivity contribution in [1.29, 1.82) is 0 Å². The molecule has 5 rings (SSSR count). The Morgan fingerprint density at radius 1 is 1.14 bits per heavy atom. The Labute approximate surface area is 133 Å². The molecule has 4 unspecified atom stereocenters. The molecule has 0 aromatic heterocycles. The summed E-state index contributed by atoms with van der Waals surface area (Å²) < 4.78 is 24.9. The Hall–Kier alpha value is -0.160. The minimum atomic E-state index is -0.477. The lowest BCUT2D eigenvalue weighted by molar-refractivity contribution is -0.443. The molecule has 1 saturated carbocycles. The van der Waals surface area contributed by atoms with E-state index in [0.29, 0.717) is 24.4 Å². The Morgan fingerprint density at radius 3 is 2.73 bits per heavy atom. The second-order valence-electron chi connectivity index (χ2n) is 8.11. The predicted molar refractivity (Wildman–Crippen MR) is 81.9 cm³/mol. The van der Waals surface area contributed by atoms with Crippen LogP contribution in [0.25, 0.3) is 0 Å². The molecule has 0 aromatic rings. The topological polar surface area (TPSA) is 36.9 Å². The zero-order chi connectivity index (χ0) is 15.5. The first-order valence-corrected chi connectivity index (χ1v) is 9.09. The molecule has 4 aliphatic heterocycles. The molecule has 5 aliphatic rings. The number of ether oxygens (including phenoxy) is 4. The van der Waals surface area contributed by atoms with Gasteiger partial charge in [-0.05, 0) is 44.4 Å². The molecule has 4 heterocycles. The van der Waals surface area contributed by atoms with Gasteiger partial charge in [0.1, 0.15) is 0 Å². The van der Waals surface area contributed by atoms with Crippen LogP contribution in [0.2, 0.25) is 0 Å². The van der Waals surface area contributed by atoms with E-state index in [9.17, 15) is 0 Å². The summed E-state index contributed by atoms with van der Waals surface area (Å²) in [5, 5.41) is 0. The molecule has 4 heteroatoms. The first kappa shape index (κ1) is 15.4. The lowest BCUT2D eigenvalue weighted by Gasteiger charge is -2.62. The smallest absolute Gasteiger partial charge is 0.172 e. The van der Waals surface area contributed by atoms with Crippen LogP contribution in [0, 0.1) is 29.1 Å². The van der Waals surface area contributed by atoms with Crippen LogP contribution >= 0.6 is 0 Å². The zero-order valence-corrected chi connectivity index (χ0v) is 14.3. The number of rotatable bonds is 2. The van der Waals surface area contributed by atoms with E-state index in [-0.39, 0.29) is 18.0 Å². The highest BCUT2D eigenvalue weighted by molar-refractivity contribution is 5.08. The Kier molecular flexibility index (Phi) is 3.61. The monoisotopic (exact) mass is 310 g/mol. The molecule has 1 spiro atoms. The van der Waals surface area contributed by atoms with Crippen LogP contribution in [0.1, 0.15) is 53.4 Å². The molecule has 22 heavy (non-hydrogen) atoms. The molecule has 0 aromatic carbocycles. The van der Waals surface area contributed by atoms with Crippen LogP contribution in [0.4, 0.5) is 0 Å². The number of hydrogen-bond acceptors (Lipinski definition) is 4. The minimum absolute atomic E-state index is 0.0285. The maximum Gasteiger partial charge on any atom is 0.172 e. The molecule has 126 valence electrons. The maximum atomic E-state index is 6.38. The first-order valence-electron chi connectivity index (χ1n) is 9.09. The molecule has 8 atom stereocenters. The number of fused-ring (bicyclic) bond motifs is 2. The van der Waals surface area contributed by atoms with E-state index in [1.165, 1.54) is 19.3 Å². The molecular weight excluding hydrogens is 280 g/mol. The molecule has 0 radical (unpaired) electrons. The average molecular weight is 310 g/mol. The fraction of sp³-hybridized carbons (Fsp3) is 1.00. The van der Waals surface area contributed by atoms with Gasteiger partial charge in [0, 0.05) is 18.9 Å². The third-order valence-electron chi connectivity index (χ3n) is 6.99. The van der Waals surface area contributed by atoms with E-state index in [2.05, 4.69) is 20.8 Å². The highest BCUT2D eigenvalue weighted by Gasteiger charge is 2.67. The molecule has 2 bridgehead atoms. The van der Waals surface area contributed by atoms with Gasteiger partial charge in [-0.2, -0.15) is 0 Å². The summed E-state index contributed by atoms with van der Waals surface area (Å²) in [5.74, 6) is 1.87. The summed E-state index contributed by atoms with van der Waals surface area (Å²) in [4.78, 5) is 0. The van der Waals surface area contributed by atoms with Crippen molar-refractivity contribution in [2.24, 2.45) is 29.1 Å². The van der Waals surface area contributed by atoms with Gasteiger partial charge in [0.05, 0.1) is 12.0 Å². The van der Waals surface area contributed by atoms with Gasteiger partial charge in [0.25, 0.3) is 0 Å². The third-order valence-corrected chi connectivity index (χ3v) is 6.99. The fourth-order valence-corrected chi connectivity index (χ4v) is 5.80. The van der Waals surface area contributed by atoms with Crippen LogP contribution in [0.5, 0.6) is 0 Å². The van der Waals surface area contributed by atoms with Gasteiger partial charge in [0.2, 0.25) is 0 Å². The molecule has 4 nitrogen and oxygen atoms in total.